The third kappa shape index (κ3) is 4.27. The summed E-state index contributed by atoms with van der Waals surface area (Å²) in [7, 11) is 0. The first-order valence-corrected chi connectivity index (χ1v) is 9.99. The molecule has 2 aromatic carbocycles. The lowest BCUT2D eigenvalue weighted by Gasteiger charge is -2.12. The number of ether oxygens (including phenoxy) is 1. The Morgan fingerprint density at radius 3 is 2.66 bits per heavy atom. The number of benzene rings is 2. The average Bonchev–Trinajstić information content (AvgIpc) is 3.20. The van der Waals surface area contributed by atoms with Gasteiger partial charge in [-0.2, -0.15) is 0 Å². The van der Waals surface area contributed by atoms with E-state index >= 15 is 0 Å². The van der Waals surface area contributed by atoms with E-state index in [0.29, 0.717) is 23.0 Å². The number of carbonyl (C=O) groups is 1. The zero-order valence-electron chi connectivity index (χ0n) is 15.5. The number of rotatable bonds is 6. The molecule has 2 aromatic heterocycles. The van der Waals surface area contributed by atoms with E-state index in [-0.39, 0.29) is 5.91 Å². The number of hydrogen-bond acceptors (Lipinski definition) is 6. The van der Waals surface area contributed by atoms with Crippen LogP contribution in [0.1, 0.15) is 10.5 Å². The molecule has 0 unspecified atom stereocenters. The molecule has 4 aromatic rings. The molecule has 0 atom stereocenters. The van der Waals surface area contributed by atoms with Gasteiger partial charge in [0, 0.05) is 29.8 Å². The minimum absolute atomic E-state index is 0.265. The second kappa shape index (κ2) is 8.57. The van der Waals surface area contributed by atoms with Crippen LogP contribution in [-0.2, 0) is 0 Å². The molecule has 0 fully saturated rings. The first kappa shape index (κ1) is 18.7. The van der Waals surface area contributed by atoms with Gasteiger partial charge in [0.2, 0.25) is 5.88 Å². The monoisotopic (exact) mass is 403 g/mol. The van der Waals surface area contributed by atoms with Gasteiger partial charge in [-0.05, 0) is 30.5 Å². The Morgan fingerprint density at radius 2 is 1.90 bits per heavy atom. The summed E-state index contributed by atoms with van der Waals surface area (Å²) < 4.78 is 7.51. The molecule has 0 bridgehead atoms. The maximum Gasteiger partial charge on any atom is 0.274 e. The number of aromatic nitrogens is 4. The number of para-hydroxylation sites is 1. The molecule has 4 rings (SSSR count). The third-order valence-electron chi connectivity index (χ3n) is 4.01. The summed E-state index contributed by atoms with van der Waals surface area (Å²) in [5.74, 6) is 0.658. The third-order valence-corrected chi connectivity index (χ3v) is 4.67. The summed E-state index contributed by atoms with van der Waals surface area (Å²) in [6.45, 7) is 0. The van der Waals surface area contributed by atoms with E-state index in [9.17, 15) is 4.79 Å². The van der Waals surface area contributed by atoms with Crippen LogP contribution in [0, 0.1) is 0 Å². The van der Waals surface area contributed by atoms with Gasteiger partial charge in [-0.1, -0.05) is 36.0 Å². The largest absolute Gasteiger partial charge is 0.437 e. The standard InChI is InChI=1S/C21H17N5O2S/c1-29-21-24-13-18(26(21)16-7-3-2-4-8-16)20(27)25-15-6-5-9-17(12-15)28-19-14-22-10-11-23-19/h2-14H,1H3,(H,25,27). The molecule has 0 spiro atoms. The van der Waals surface area contributed by atoms with Crippen LogP contribution in [0.15, 0.2) is 84.5 Å². The van der Waals surface area contributed by atoms with Gasteiger partial charge in [-0.25, -0.2) is 9.97 Å². The van der Waals surface area contributed by atoms with Crippen LogP contribution in [0.25, 0.3) is 5.69 Å². The second-order valence-electron chi connectivity index (χ2n) is 5.93. The van der Waals surface area contributed by atoms with E-state index in [2.05, 4.69) is 20.3 Å². The predicted octanol–water partition coefficient (Wildman–Crippen LogP) is 4.43. The van der Waals surface area contributed by atoms with Gasteiger partial charge in [0.25, 0.3) is 5.91 Å². The summed E-state index contributed by atoms with van der Waals surface area (Å²) in [6.07, 6.45) is 8.15. The first-order chi connectivity index (χ1) is 14.2. The van der Waals surface area contributed by atoms with Gasteiger partial charge >= 0.3 is 0 Å². The maximum absolute atomic E-state index is 13.0. The molecule has 7 nitrogen and oxygen atoms in total. The van der Waals surface area contributed by atoms with Gasteiger partial charge in [-0.15, -0.1) is 0 Å². The Labute approximate surface area is 171 Å². The zero-order valence-corrected chi connectivity index (χ0v) is 16.3. The molecular formula is C21H17N5O2S. The average molecular weight is 403 g/mol. The lowest BCUT2D eigenvalue weighted by Crippen LogP contribution is -2.16. The molecule has 0 aliphatic carbocycles. The van der Waals surface area contributed by atoms with E-state index in [1.165, 1.54) is 18.0 Å². The second-order valence-corrected chi connectivity index (χ2v) is 6.70. The molecular weight excluding hydrogens is 386 g/mol. The molecule has 0 radical (unpaired) electrons. The number of thioether (sulfide) groups is 1. The summed E-state index contributed by atoms with van der Waals surface area (Å²) in [6, 6.07) is 16.8. The summed E-state index contributed by atoms with van der Waals surface area (Å²) >= 11 is 1.48. The van der Waals surface area contributed by atoms with Crippen LogP contribution in [0.3, 0.4) is 0 Å². The Hall–Kier alpha value is -3.65. The lowest BCUT2D eigenvalue weighted by molar-refractivity contribution is 0.102. The van der Waals surface area contributed by atoms with E-state index in [1.807, 2.05) is 41.2 Å². The number of amides is 1. The zero-order chi connectivity index (χ0) is 20.1. The van der Waals surface area contributed by atoms with E-state index in [1.54, 1.807) is 42.9 Å². The van der Waals surface area contributed by atoms with Gasteiger partial charge in [-0.3, -0.25) is 14.3 Å². The van der Waals surface area contributed by atoms with Crippen molar-refractivity contribution >= 4 is 23.4 Å². The summed E-state index contributed by atoms with van der Waals surface area (Å²) in [5, 5.41) is 3.64. The van der Waals surface area contributed by atoms with Gasteiger partial charge in [0.05, 0.1) is 12.4 Å². The predicted molar refractivity (Wildman–Crippen MR) is 112 cm³/mol. The Morgan fingerprint density at radius 1 is 1.03 bits per heavy atom. The van der Waals surface area contributed by atoms with Gasteiger partial charge in [0.1, 0.15) is 11.4 Å². The molecule has 0 saturated heterocycles. The van der Waals surface area contributed by atoms with Crippen LogP contribution in [0.4, 0.5) is 5.69 Å². The van der Waals surface area contributed by atoms with E-state index in [4.69, 9.17) is 4.74 Å². The van der Waals surface area contributed by atoms with Crippen LogP contribution in [0.2, 0.25) is 0 Å². The Bertz CT molecular complexity index is 1120. The number of nitrogens with zero attached hydrogens (tertiary/aromatic N) is 4. The molecule has 0 aliphatic rings. The molecule has 144 valence electrons. The molecule has 1 N–H and O–H groups in total. The quantitative estimate of drug-likeness (QED) is 0.480. The van der Waals surface area contributed by atoms with Crippen molar-refractivity contribution in [3.05, 3.63) is 85.1 Å². The van der Waals surface area contributed by atoms with Crippen LogP contribution < -0.4 is 10.1 Å². The Balaban J connectivity index is 1.58. The van der Waals surface area contributed by atoms with E-state index < -0.39 is 0 Å². The van der Waals surface area contributed by atoms with Crippen molar-refractivity contribution in [2.24, 2.45) is 0 Å². The van der Waals surface area contributed by atoms with Crippen molar-refractivity contribution in [2.75, 3.05) is 11.6 Å². The highest BCUT2D eigenvalue weighted by molar-refractivity contribution is 7.98. The van der Waals surface area contributed by atoms with Crippen molar-refractivity contribution in [3.8, 4) is 17.3 Å². The van der Waals surface area contributed by atoms with Crippen molar-refractivity contribution < 1.29 is 9.53 Å². The number of anilines is 1. The van der Waals surface area contributed by atoms with Crippen molar-refractivity contribution in [3.63, 3.8) is 0 Å². The van der Waals surface area contributed by atoms with E-state index in [0.717, 1.165) is 10.8 Å². The van der Waals surface area contributed by atoms with Crippen LogP contribution in [0.5, 0.6) is 11.6 Å². The number of nitrogens with one attached hydrogen (secondary N) is 1. The van der Waals surface area contributed by atoms with Crippen molar-refractivity contribution in [1.82, 2.24) is 19.5 Å². The maximum atomic E-state index is 13.0. The minimum atomic E-state index is -0.265. The molecule has 2 heterocycles. The van der Waals surface area contributed by atoms with Crippen molar-refractivity contribution in [2.45, 2.75) is 5.16 Å². The topological polar surface area (TPSA) is 81.9 Å². The lowest BCUT2D eigenvalue weighted by atomic mass is 10.2. The fourth-order valence-corrected chi connectivity index (χ4v) is 3.30. The highest BCUT2D eigenvalue weighted by Crippen LogP contribution is 2.25. The number of hydrogen-bond donors (Lipinski definition) is 1. The SMILES string of the molecule is CSc1ncc(C(=O)Nc2cccc(Oc3cnccn3)c2)n1-c1ccccc1. The summed E-state index contributed by atoms with van der Waals surface area (Å²) in [4.78, 5) is 25.4. The van der Waals surface area contributed by atoms with Crippen molar-refractivity contribution in [1.29, 1.82) is 0 Å². The fraction of sp³-hybridized carbons (Fsp3) is 0.0476. The minimum Gasteiger partial charge on any atom is -0.437 e. The normalized spacial score (nSPS) is 10.5. The summed E-state index contributed by atoms with van der Waals surface area (Å²) in [5.41, 5.74) is 1.92. The van der Waals surface area contributed by atoms with Gasteiger partial charge in [0.15, 0.2) is 5.16 Å². The molecule has 0 saturated carbocycles. The number of imidazole rings is 1. The van der Waals surface area contributed by atoms with Gasteiger partial charge < -0.3 is 10.1 Å². The highest BCUT2D eigenvalue weighted by Gasteiger charge is 2.18. The Kier molecular flexibility index (Phi) is 5.53. The molecule has 1 amide bonds. The first-order valence-electron chi connectivity index (χ1n) is 8.77. The molecule has 29 heavy (non-hydrogen) atoms. The fourth-order valence-electron chi connectivity index (χ4n) is 2.76. The highest BCUT2D eigenvalue weighted by atomic mass is 32.2. The smallest absolute Gasteiger partial charge is 0.274 e. The molecule has 8 heteroatoms. The number of carbonyl (C=O) groups excluding carboxylic acids is 1. The molecule has 0 aliphatic heterocycles. The van der Waals surface area contributed by atoms with Crippen LogP contribution in [-0.4, -0.2) is 31.7 Å². The van der Waals surface area contributed by atoms with Crippen LogP contribution >= 0.6 is 11.8 Å².